The molecule has 2 N–H and O–H groups in total. The summed E-state index contributed by atoms with van der Waals surface area (Å²) in [7, 11) is -3.96. The van der Waals surface area contributed by atoms with E-state index in [4.69, 9.17) is 16.3 Å². The number of rotatable bonds is 4. The van der Waals surface area contributed by atoms with E-state index in [1.165, 1.54) is 12.1 Å². The molecule has 25 heavy (non-hydrogen) atoms. The van der Waals surface area contributed by atoms with E-state index in [0.717, 1.165) is 0 Å². The minimum atomic E-state index is -3.96. The molecular weight excluding hydrogens is 432 g/mol. The molecule has 1 aliphatic rings. The number of amides is 1. The second-order valence-corrected chi connectivity index (χ2v) is 8.40. The molecule has 1 aliphatic heterocycles. The van der Waals surface area contributed by atoms with Crippen LogP contribution in [0.4, 0.5) is 11.4 Å². The minimum Gasteiger partial charge on any atom is -0.477 e. The van der Waals surface area contributed by atoms with Gasteiger partial charge in [0, 0.05) is 9.50 Å². The summed E-state index contributed by atoms with van der Waals surface area (Å²) in [6, 6.07) is 9.39. The molecule has 1 unspecified atom stereocenters. The number of nitrogens with one attached hydrogen (secondary N) is 2. The van der Waals surface area contributed by atoms with E-state index >= 15 is 0 Å². The van der Waals surface area contributed by atoms with E-state index in [-0.39, 0.29) is 16.6 Å². The van der Waals surface area contributed by atoms with Crippen LogP contribution in [-0.2, 0) is 14.8 Å². The molecule has 0 spiro atoms. The molecule has 2 aromatic rings. The Morgan fingerprint density at radius 1 is 1.32 bits per heavy atom. The molecule has 132 valence electrons. The number of sulfonamides is 1. The number of hydrogen-bond donors (Lipinski definition) is 2. The zero-order chi connectivity index (χ0) is 18.2. The molecule has 3 rings (SSSR count). The van der Waals surface area contributed by atoms with Crippen LogP contribution in [0.15, 0.2) is 45.8 Å². The van der Waals surface area contributed by atoms with E-state index in [0.29, 0.717) is 27.3 Å². The van der Waals surface area contributed by atoms with Crippen molar-refractivity contribution in [3.8, 4) is 5.75 Å². The molecule has 0 fully saturated rings. The molecule has 1 heterocycles. The molecule has 1 amide bonds. The number of halogens is 2. The summed E-state index contributed by atoms with van der Waals surface area (Å²) in [6.45, 7) is 1.78. The Morgan fingerprint density at radius 3 is 2.76 bits per heavy atom. The van der Waals surface area contributed by atoms with Gasteiger partial charge in [-0.2, -0.15) is 0 Å². The van der Waals surface area contributed by atoms with Gasteiger partial charge >= 0.3 is 0 Å². The van der Waals surface area contributed by atoms with Gasteiger partial charge in [0.25, 0.3) is 15.9 Å². The Labute approximate surface area is 158 Å². The van der Waals surface area contributed by atoms with Crippen LogP contribution < -0.4 is 14.8 Å². The van der Waals surface area contributed by atoms with Crippen molar-refractivity contribution in [2.45, 2.75) is 24.3 Å². The number of anilines is 2. The summed E-state index contributed by atoms with van der Waals surface area (Å²) < 4.78 is 34.3. The molecule has 0 aromatic heterocycles. The highest BCUT2D eigenvalue weighted by atomic mass is 79.9. The zero-order valence-electron chi connectivity index (χ0n) is 13.0. The lowest BCUT2D eigenvalue weighted by Gasteiger charge is -2.27. The number of fused-ring (bicyclic) bond motifs is 1. The summed E-state index contributed by atoms with van der Waals surface area (Å²) in [5.41, 5.74) is 0.628. The van der Waals surface area contributed by atoms with Crippen LogP contribution in [0, 0.1) is 0 Å². The van der Waals surface area contributed by atoms with Crippen LogP contribution in [-0.4, -0.2) is 20.4 Å². The van der Waals surface area contributed by atoms with Crippen LogP contribution in [0.3, 0.4) is 0 Å². The van der Waals surface area contributed by atoms with Crippen molar-refractivity contribution in [3.05, 3.63) is 45.9 Å². The van der Waals surface area contributed by atoms with Gasteiger partial charge in [0.05, 0.1) is 11.4 Å². The van der Waals surface area contributed by atoms with Crippen LogP contribution >= 0.6 is 27.5 Å². The largest absolute Gasteiger partial charge is 0.477 e. The zero-order valence-corrected chi connectivity index (χ0v) is 16.2. The van der Waals surface area contributed by atoms with Gasteiger partial charge in [0.1, 0.15) is 4.90 Å². The second-order valence-electron chi connectivity index (χ2n) is 5.40. The van der Waals surface area contributed by atoms with E-state index in [1.807, 2.05) is 0 Å². The van der Waals surface area contributed by atoms with Gasteiger partial charge in [0.15, 0.2) is 11.9 Å². The van der Waals surface area contributed by atoms with Crippen molar-refractivity contribution in [1.82, 2.24) is 0 Å². The smallest absolute Gasteiger partial charge is 0.265 e. The van der Waals surface area contributed by atoms with Crippen molar-refractivity contribution < 1.29 is 17.9 Å². The maximum atomic E-state index is 12.8. The van der Waals surface area contributed by atoms with Crippen molar-refractivity contribution in [1.29, 1.82) is 0 Å². The third-order valence-electron chi connectivity index (χ3n) is 3.57. The average Bonchev–Trinajstić information content (AvgIpc) is 2.53. The molecule has 0 saturated carbocycles. The van der Waals surface area contributed by atoms with E-state index in [9.17, 15) is 13.2 Å². The topological polar surface area (TPSA) is 84.5 Å². The summed E-state index contributed by atoms with van der Waals surface area (Å²) in [6.07, 6.45) is -0.323. The minimum absolute atomic E-state index is 0.0738. The Kier molecular flexibility index (Phi) is 4.95. The number of ether oxygens (including phenoxy) is 1. The normalized spacial score (nSPS) is 16.6. The predicted octanol–water partition coefficient (Wildman–Crippen LogP) is 4.01. The van der Waals surface area contributed by atoms with Gasteiger partial charge in [0.2, 0.25) is 0 Å². The fourth-order valence-corrected chi connectivity index (χ4v) is 4.45. The van der Waals surface area contributed by atoms with Crippen molar-refractivity contribution in [2.75, 3.05) is 10.0 Å². The summed E-state index contributed by atoms with van der Waals surface area (Å²) in [4.78, 5) is 11.9. The number of hydrogen-bond acceptors (Lipinski definition) is 4. The standard InChI is InChI=1S/C16H14BrClN2O4S/c1-2-13-16(21)19-12-6-9(17)7-14(15(12)24-13)25(22,23)20-11-5-3-4-10(18)8-11/h3-8,13,20H,2H2,1H3,(H,19,21). The van der Waals surface area contributed by atoms with Gasteiger partial charge in [-0.1, -0.05) is 40.5 Å². The Balaban J connectivity index is 2.06. The van der Waals surface area contributed by atoms with Gasteiger partial charge in [-0.15, -0.1) is 0 Å². The number of benzene rings is 2. The molecule has 0 aliphatic carbocycles. The highest BCUT2D eigenvalue weighted by molar-refractivity contribution is 9.10. The van der Waals surface area contributed by atoms with Crippen LogP contribution in [0.25, 0.3) is 0 Å². The van der Waals surface area contributed by atoms with Gasteiger partial charge in [-0.25, -0.2) is 8.42 Å². The fourth-order valence-electron chi connectivity index (χ4n) is 2.42. The van der Waals surface area contributed by atoms with Crippen molar-refractivity contribution in [3.63, 3.8) is 0 Å². The Hall–Kier alpha value is -1.77. The lowest BCUT2D eigenvalue weighted by molar-refractivity contribution is -0.123. The highest BCUT2D eigenvalue weighted by Gasteiger charge is 2.32. The average molecular weight is 446 g/mol. The third kappa shape index (κ3) is 3.75. The molecular formula is C16H14BrClN2O4S. The maximum Gasteiger partial charge on any atom is 0.265 e. The lowest BCUT2D eigenvalue weighted by Crippen LogP contribution is -2.37. The summed E-state index contributed by atoms with van der Waals surface area (Å²) >= 11 is 9.16. The second kappa shape index (κ2) is 6.86. The van der Waals surface area contributed by atoms with Crippen LogP contribution in [0.2, 0.25) is 5.02 Å². The van der Waals surface area contributed by atoms with Crippen LogP contribution in [0.5, 0.6) is 5.75 Å². The van der Waals surface area contributed by atoms with E-state index < -0.39 is 16.1 Å². The SMILES string of the molecule is CCC1Oc2c(cc(Br)cc2S(=O)(=O)Nc2cccc(Cl)c2)NC1=O. The quantitative estimate of drug-likeness (QED) is 0.744. The molecule has 9 heteroatoms. The monoisotopic (exact) mass is 444 g/mol. The summed E-state index contributed by atoms with van der Waals surface area (Å²) in [5.74, 6) is -0.191. The van der Waals surface area contributed by atoms with Crippen molar-refractivity contribution >= 4 is 54.8 Å². The molecule has 1 atom stereocenters. The number of carbonyl (C=O) groups excluding carboxylic acids is 1. The van der Waals surface area contributed by atoms with Gasteiger partial charge < -0.3 is 10.1 Å². The first-order valence-corrected chi connectivity index (χ1v) is 10.0. The van der Waals surface area contributed by atoms with Gasteiger partial charge in [-0.3, -0.25) is 9.52 Å². The first-order chi connectivity index (χ1) is 11.8. The first-order valence-electron chi connectivity index (χ1n) is 7.39. The molecule has 0 saturated heterocycles. The molecule has 0 bridgehead atoms. The van der Waals surface area contributed by atoms with Crippen molar-refractivity contribution in [2.24, 2.45) is 0 Å². The highest BCUT2D eigenvalue weighted by Crippen LogP contribution is 2.40. The number of carbonyl (C=O) groups is 1. The van der Waals surface area contributed by atoms with E-state index in [1.54, 1.807) is 31.2 Å². The molecule has 0 radical (unpaired) electrons. The molecule has 6 nitrogen and oxygen atoms in total. The fraction of sp³-hybridized carbons (Fsp3) is 0.188. The first kappa shape index (κ1) is 18.0. The third-order valence-corrected chi connectivity index (χ3v) is 5.65. The Bertz CT molecular complexity index is 949. The Morgan fingerprint density at radius 2 is 2.08 bits per heavy atom. The van der Waals surface area contributed by atoms with E-state index in [2.05, 4.69) is 26.0 Å². The van der Waals surface area contributed by atoms with Gasteiger partial charge in [-0.05, 0) is 36.8 Å². The van der Waals surface area contributed by atoms with Crippen LogP contribution in [0.1, 0.15) is 13.3 Å². The maximum absolute atomic E-state index is 12.8. The summed E-state index contributed by atoms with van der Waals surface area (Å²) in [5, 5.41) is 3.09. The molecule has 2 aromatic carbocycles. The predicted molar refractivity (Wildman–Crippen MR) is 99.7 cm³/mol. The lowest BCUT2D eigenvalue weighted by atomic mass is 10.2.